The number of ether oxygens (including phenoxy) is 2. The van der Waals surface area contributed by atoms with E-state index in [0.717, 1.165) is 44.9 Å². The van der Waals surface area contributed by atoms with Gasteiger partial charge in [-0.25, -0.2) is 4.57 Å². The van der Waals surface area contributed by atoms with Crippen molar-refractivity contribution in [1.29, 1.82) is 0 Å². The van der Waals surface area contributed by atoms with Gasteiger partial charge in [0.1, 0.15) is 42.7 Å². The maximum Gasteiger partial charge on any atom is 0.472 e. The quantitative estimate of drug-likeness (QED) is 0.0149. The van der Waals surface area contributed by atoms with Crippen molar-refractivity contribution in [2.24, 2.45) is 0 Å². The third kappa shape index (κ3) is 28.4. The van der Waals surface area contributed by atoms with Crippen molar-refractivity contribution in [1.82, 2.24) is 0 Å². The lowest BCUT2D eigenvalue weighted by atomic mass is 9.85. The maximum absolute atomic E-state index is 12.8. The number of carbonyl (C=O) groups excluding carboxylic acids is 1. The van der Waals surface area contributed by atoms with Gasteiger partial charge in [0.25, 0.3) is 0 Å². The Labute approximate surface area is 351 Å². The second-order valence-corrected chi connectivity index (χ2v) is 17.7. The van der Waals surface area contributed by atoms with Crippen molar-refractivity contribution >= 4 is 13.8 Å². The van der Waals surface area contributed by atoms with E-state index >= 15 is 0 Å². The number of hydrogen-bond donors (Lipinski definition) is 6. The maximum atomic E-state index is 12.8. The molecular formula is C45H85O12P. The van der Waals surface area contributed by atoms with Crippen molar-refractivity contribution in [2.75, 3.05) is 19.8 Å². The van der Waals surface area contributed by atoms with Crippen molar-refractivity contribution in [2.45, 2.75) is 236 Å². The first-order chi connectivity index (χ1) is 28.0. The van der Waals surface area contributed by atoms with E-state index in [2.05, 4.69) is 38.2 Å². The first-order valence-corrected chi connectivity index (χ1v) is 24.7. The lowest BCUT2D eigenvalue weighted by Gasteiger charge is -2.41. The molecule has 0 aliphatic heterocycles. The van der Waals surface area contributed by atoms with Crippen molar-refractivity contribution in [3.63, 3.8) is 0 Å². The lowest BCUT2D eigenvalue weighted by molar-refractivity contribution is -0.220. The molecule has 6 unspecified atom stereocenters. The molecule has 0 spiro atoms. The molecule has 0 aromatic carbocycles. The molecule has 6 N–H and O–H groups in total. The van der Waals surface area contributed by atoms with Gasteiger partial charge in [-0.15, -0.1) is 0 Å². The molecule has 58 heavy (non-hydrogen) atoms. The van der Waals surface area contributed by atoms with Crippen LogP contribution in [0.15, 0.2) is 24.3 Å². The summed E-state index contributed by atoms with van der Waals surface area (Å²) in [7, 11) is -5.01. The molecular weight excluding hydrogens is 763 g/mol. The van der Waals surface area contributed by atoms with Crippen LogP contribution in [0.2, 0.25) is 0 Å². The third-order valence-corrected chi connectivity index (χ3v) is 11.8. The first-order valence-electron chi connectivity index (χ1n) is 23.2. The van der Waals surface area contributed by atoms with Crippen molar-refractivity contribution < 1.29 is 58.3 Å². The number of hydrogen-bond acceptors (Lipinski definition) is 11. The number of carbonyl (C=O) groups is 1. The zero-order chi connectivity index (χ0) is 42.7. The zero-order valence-corrected chi connectivity index (χ0v) is 37.2. The minimum Gasteiger partial charge on any atom is -0.457 e. The van der Waals surface area contributed by atoms with E-state index in [1.165, 1.54) is 122 Å². The normalized spacial score (nSPS) is 22.8. The molecule has 1 saturated carbocycles. The number of phosphoric ester groups is 1. The smallest absolute Gasteiger partial charge is 0.457 e. The molecule has 1 aliphatic carbocycles. The van der Waals surface area contributed by atoms with E-state index in [9.17, 15) is 39.8 Å². The standard InChI is InChI=1S/C45H85O12P/c1-3-5-7-9-11-13-14-15-16-17-18-19-20-21-22-23-24-25-27-29-31-33-35-54-36-38(56-39(46)34-32-30-28-26-12-10-8-6-4-2)37-55-58(52,53)57-45-43(50)41(48)40(47)42(49)44(45)51/h14-15,17-18,38,40-45,47-51H,3-13,16,19-37H2,1-2H3,(H,52,53)/b15-14-,18-17-. The monoisotopic (exact) mass is 849 g/mol. The number of rotatable bonds is 39. The van der Waals surface area contributed by atoms with E-state index in [4.69, 9.17) is 18.5 Å². The average molecular weight is 849 g/mol. The van der Waals surface area contributed by atoms with Gasteiger partial charge in [0.05, 0.1) is 13.2 Å². The third-order valence-electron chi connectivity index (χ3n) is 10.8. The van der Waals surface area contributed by atoms with Gasteiger partial charge in [-0.1, -0.05) is 167 Å². The topological polar surface area (TPSA) is 192 Å². The summed E-state index contributed by atoms with van der Waals surface area (Å²) in [5.41, 5.74) is 0. The second kappa shape index (κ2) is 36.5. The predicted octanol–water partition coefficient (Wildman–Crippen LogP) is 9.31. The molecule has 1 fully saturated rings. The van der Waals surface area contributed by atoms with Crippen LogP contribution < -0.4 is 0 Å². The second-order valence-electron chi connectivity index (χ2n) is 16.3. The fraction of sp³-hybridized carbons (Fsp3) is 0.889. The molecule has 6 atom stereocenters. The van der Waals surface area contributed by atoms with Crippen molar-refractivity contribution in [3.8, 4) is 0 Å². The van der Waals surface area contributed by atoms with Gasteiger partial charge in [0.15, 0.2) is 0 Å². The van der Waals surface area contributed by atoms with Crippen molar-refractivity contribution in [3.05, 3.63) is 24.3 Å². The molecule has 1 rings (SSSR count). The molecule has 1 aliphatic rings. The lowest BCUT2D eigenvalue weighted by Crippen LogP contribution is -2.64. The Morgan fingerprint density at radius 2 is 0.966 bits per heavy atom. The first kappa shape index (κ1) is 54.8. The number of allylic oxidation sites excluding steroid dienone is 4. The van der Waals surface area contributed by atoms with Crippen LogP contribution in [0.3, 0.4) is 0 Å². The predicted molar refractivity (Wildman–Crippen MR) is 230 cm³/mol. The van der Waals surface area contributed by atoms with E-state index in [-0.39, 0.29) is 13.0 Å². The SMILES string of the molecule is CCCCCCC/C=C\C/C=C\CCCCCCCCCCCCOCC(COP(=O)(O)OC1C(O)C(O)C(O)C(O)C1O)OC(=O)CCCCCCCCCCC. The Hall–Kier alpha value is -1.18. The number of aliphatic hydroxyl groups is 5. The van der Waals surface area contributed by atoms with Gasteiger partial charge >= 0.3 is 13.8 Å². The molecule has 0 aromatic heterocycles. The van der Waals surface area contributed by atoms with Crippen LogP contribution in [0.25, 0.3) is 0 Å². The molecule has 0 amide bonds. The van der Waals surface area contributed by atoms with Gasteiger partial charge in [-0.3, -0.25) is 13.8 Å². The molecule has 0 saturated heterocycles. The molecule has 342 valence electrons. The van der Waals surface area contributed by atoms with E-state index in [0.29, 0.717) is 13.0 Å². The number of phosphoric acid groups is 1. The van der Waals surface area contributed by atoms with Crippen LogP contribution in [0.5, 0.6) is 0 Å². The molecule has 0 heterocycles. The van der Waals surface area contributed by atoms with Gasteiger partial charge in [-0.05, 0) is 44.9 Å². The Morgan fingerprint density at radius 3 is 1.45 bits per heavy atom. The molecule has 12 nitrogen and oxygen atoms in total. The minimum absolute atomic E-state index is 0.0755. The zero-order valence-electron chi connectivity index (χ0n) is 36.4. The van der Waals surface area contributed by atoms with Crippen LogP contribution in [-0.4, -0.2) is 98.9 Å². The fourth-order valence-electron chi connectivity index (χ4n) is 7.09. The van der Waals surface area contributed by atoms with Crippen LogP contribution in [0, 0.1) is 0 Å². The van der Waals surface area contributed by atoms with Crippen LogP contribution in [0.4, 0.5) is 0 Å². The number of esters is 1. The molecule has 0 radical (unpaired) electrons. The highest BCUT2D eigenvalue weighted by Gasteiger charge is 2.51. The molecule has 0 bridgehead atoms. The van der Waals surface area contributed by atoms with E-state index in [1.807, 2.05) is 0 Å². The van der Waals surface area contributed by atoms with Gasteiger partial charge in [-0.2, -0.15) is 0 Å². The molecule has 0 aromatic rings. The average Bonchev–Trinajstić information content (AvgIpc) is 3.21. The Kier molecular flexibility index (Phi) is 34.5. The largest absolute Gasteiger partial charge is 0.472 e. The summed E-state index contributed by atoms with van der Waals surface area (Å²) >= 11 is 0. The van der Waals surface area contributed by atoms with Crippen LogP contribution in [0.1, 0.15) is 194 Å². The van der Waals surface area contributed by atoms with Crippen LogP contribution in [-0.2, 0) is 27.9 Å². The summed E-state index contributed by atoms with van der Waals surface area (Å²) in [6.07, 6.45) is 28.4. The van der Waals surface area contributed by atoms with E-state index < -0.39 is 63.1 Å². The fourth-order valence-corrected chi connectivity index (χ4v) is 8.06. The summed E-state index contributed by atoms with van der Waals surface area (Å²) in [4.78, 5) is 23.0. The minimum atomic E-state index is -5.01. The highest BCUT2D eigenvalue weighted by molar-refractivity contribution is 7.47. The van der Waals surface area contributed by atoms with Gasteiger partial charge in [0, 0.05) is 13.0 Å². The Balaban J connectivity index is 2.31. The summed E-state index contributed by atoms with van der Waals surface area (Å²) in [6.45, 7) is 4.22. The van der Waals surface area contributed by atoms with E-state index in [1.54, 1.807) is 0 Å². The highest BCUT2D eigenvalue weighted by Crippen LogP contribution is 2.47. The summed E-state index contributed by atoms with van der Waals surface area (Å²) in [5, 5.41) is 50.1. The number of unbranched alkanes of at least 4 members (excludes halogenated alkanes) is 23. The molecule has 13 heteroatoms. The highest BCUT2D eigenvalue weighted by atomic mass is 31.2. The summed E-state index contributed by atoms with van der Waals surface area (Å²) < 4.78 is 34.1. The number of aliphatic hydroxyl groups excluding tert-OH is 5. The summed E-state index contributed by atoms with van der Waals surface area (Å²) in [5.74, 6) is -0.481. The van der Waals surface area contributed by atoms with Gasteiger partial charge < -0.3 is 39.9 Å². The Bertz CT molecular complexity index is 1060. The summed E-state index contributed by atoms with van der Waals surface area (Å²) in [6, 6.07) is 0. The van der Waals surface area contributed by atoms with Gasteiger partial charge in [0.2, 0.25) is 0 Å². The Morgan fingerprint density at radius 1 is 0.552 bits per heavy atom. The van der Waals surface area contributed by atoms with Crippen LogP contribution >= 0.6 is 7.82 Å².